The normalized spacial score (nSPS) is 18.4. The van der Waals surface area contributed by atoms with E-state index in [9.17, 15) is 4.79 Å². The van der Waals surface area contributed by atoms with Gasteiger partial charge in [0, 0.05) is 11.6 Å². The van der Waals surface area contributed by atoms with Crippen LogP contribution in [0, 0.1) is 6.92 Å². The van der Waals surface area contributed by atoms with Gasteiger partial charge in [-0.3, -0.25) is 4.79 Å². The fourth-order valence-electron chi connectivity index (χ4n) is 2.34. The van der Waals surface area contributed by atoms with Crippen LogP contribution in [0.1, 0.15) is 29.2 Å². The van der Waals surface area contributed by atoms with E-state index in [1.165, 1.54) is 5.56 Å². The first-order chi connectivity index (χ1) is 9.72. The van der Waals surface area contributed by atoms with Gasteiger partial charge in [0.15, 0.2) is 5.78 Å². The molecule has 1 aliphatic heterocycles. The van der Waals surface area contributed by atoms with E-state index in [1.807, 2.05) is 61.5 Å². The van der Waals surface area contributed by atoms with Gasteiger partial charge < -0.3 is 4.74 Å². The van der Waals surface area contributed by atoms with Crippen LogP contribution in [-0.2, 0) is 9.53 Å². The van der Waals surface area contributed by atoms with Crippen LogP contribution in [0.5, 0.6) is 0 Å². The first kappa shape index (κ1) is 12.7. The lowest BCUT2D eigenvalue weighted by molar-refractivity contribution is -0.117. The SMILES string of the molecule is Cc1ccc(C2CC(=O)C=C(c3ccccc3)O2)cc1. The van der Waals surface area contributed by atoms with Gasteiger partial charge in [-0.2, -0.15) is 0 Å². The molecule has 1 unspecified atom stereocenters. The van der Waals surface area contributed by atoms with E-state index in [0.29, 0.717) is 12.2 Å². The van der Waals surface area contributed by atoms with Gasteiger partial charge in [0.1, 0.15) is 11.9 Å². The number of carbonyl (C=O) groups is 1. The Morgan fingerprint density at radius 1 is 1.00 bits per heavy atom. The van der Waals surface area contributed by atoms with Crippen LogP contribution >= 0.6 is 0 Å². The third kappa shape index (κ3) is 2.64. The summed E-state index contributed by atoms with van der Waals surface area (Å²) in [4.78, 5) is 11.9. The van der Waals surface area contributed by atoms with Gasteiger partial charge >= 0.3 is 0 Å². The zero-order valence-corrected chi connectivity index (χ0v) is 11.4. The predicted octanol–water partition coefficient (Wildman–Crippen LogP) is 4.07. The molecule has 0 spiro atoms. The third-order valence-electron chi connectivity index (χ3n) is 3.46. The second-order valence-electron chi connectivity index (χ2n) is 5.06. The van der Waals surface area contributed by atoms with E-state index in [0.717, 1.165) is 11.1 Å². The molecule has 0 bridgehead atoms. The number of rotatable bonds is 2. The number of ether oxygens (including phenoxy) is 1. The molecule has 3 rings (SSSR count). The Labute approximate surface area is 118 Å². The van der Waals surface area contributed by atoms with E-state index in [4.69, 9.17) is 4.74 Å². The summed E-state index contributed by atoms with van der Waals surface area (Å²) >= 11 is 0. The number of ketones is 1. The molecule has 0 saturated carbocycles. The number of benzene rings is 2. The van der Waals surface area contributed by atoms with Gasteiger partial charge in [-0.25, -0.2) is 0 Å². The Hall–Kier alpha value is -2.35. The summed E-state index contributed by atoms with van der Waals surface area (Å²) in [7, 11) is 0. The number of allylic oxidation sites excluding steroid dienone is 1. The summed E-state index contributed by atoms with van der Waals surface area (Å²) in [6.45, 7) is 2.05. The van der Waals surface area contributed by atoms with Crippen LogP contribution in [0.25, 0.3) is 5.76 Å². The molecular formula is C18H16O2. The Morgan fingerprint density at radius 2 is 1.70 bits per heavy atom. The molecule has 0 aromatic heterocycles. The lowest BCUT2D eigenvalue weighted by Crippen LogP contribution is -2.15. The standard InChI is InChI=1S/C18H16O2/c1-13-7-9-15(10-8-13)18-12-16(19)11-17(20-18)14-5-3-2-4-6-14/h2-11,18H,12H2,1H3. The molecule has 1 atom stereocenters. The lowest BCUT2D eigenvalue weighted by atomic mass is 9.99. The second kappa shape index (κ2) is 5.33. The average Bonchev–Trinajstić information content (AvgIpc) is 2.48. The highest BCUT2D eigenvalue weighted by atomic mass is 16.5. The van der Waals surface area contributed by atoms with Crippen LogP contribution in [0.4, 0.5) is 0 Å². The minimum Gasteiger partial charge on any atom is -0.485 e. The molecule has 0 radical (unpaired) electrons. The third-order valence-corrected chi connectivity index (χ3v) is 3.46. The molecule has 100 valence electrons. The zero-order valence-electron chi connectivity index (χ0n) is 11.4. The van der Waals surface area contributed by atoms with Crippen molar-refractivity contribution >= 4 is 11.5 Å². The maximum Gasteiger partial charge on any atom is 0.163 e. The van der Waals surface area contributed by atoms with Crippen molar-refractivity contribution in [1.29, 1.82) is 0 Å². The Kier molecular flexibility index (Phi) is 3.38. The summed E-state index contributed by atoms with van der Waals surface area (Å²) in [6, 6.07) is 17.9. The van der Waals surface area contributed by atoms with Crippen molar-refractivity contribution in [2.24, 2.45) is 0 Å². The molecular weight excluding hydrogens is 248 g/mol. The van der Waals surface area contributed by atoms with E-state index < -0.39 is 0 Å². The highest BCUT2D eigenvalue weighted by Crippen LogP contribution is 2.32. The van der Waals surface area contributed by atoms with Crippen LogP contribution in [0.15, 0.2) is 60.7 Å². The van der Waals surface area contributed by atoms with Gasteiger partial charge in [0.2, 0.25) is 0 Å². The molecule has 20 heavy (non-hydrogen) atoms. The van der Waals surface area contributed by atoms with Crippen molar-refractivity contribution in [3.05, 3.63) is 77.4 Å². The molecule has 0 amide bonds. The number of aryl methyl sites for hydroxylation is 1. The lowest BCUT2D eigenvalue weighted by Gasteiger charge is -2.24. The van der Waals surface area contributed by atoms with Crippen LogP contribution in [0.3, 0.4) is 0 Å². The molecule has 0 N–H and O–H groups in total. The Morgan fingerprint density at radius 3 is 2.40 bits per heavy atom. The number of carbonyl (C=O) groups excluding carboxylic acids is 1. The molecule has 2 aromatic carbocycles. The minimum absolute atomic E-state index is 0.112. The largest absolute Gasteiger partial charge is 0.485 e. The first-order valence-electron chi connectivity index (χ1n) is 6.75. The maximum atomic E-state index is 11.9. The van der Waals surface area contributed by atoms with Crippen molar-refractivity contribution < 1.29 is 9.53 Å². The van der Waals surface area contributed by atoms with Crippen molar-refractivity contribution in [3.8, 4) is 0 Å². The van der Waals surface area contributed by atoms with Crippen molar-refractivity contribution in [3.63, 3.8) is 0 Å². The number of hydrogen-bond donors (Lipinski definition) is 0. The highest BCUT2D eigenvalue weighted by molar-refractivity contribution is 5.97. The molecule has 0 saturated heterocycles. The van der Waals surface area contributed by atoms with E-state index in [1.54, 1.807) is 6.08 Å². The molecule has 1 heterocycles. The maximum absolute atomic E-state index is 11.9. The van der Waals surface area contributed by atoms with E-state index >= 15 is 0 Å². The topological polar surface area (TPSA) is 26.3 Å². The van der Waals surface area contributed by atoms with Gasteiger partial charge in [-0.05, 0) is 12.5 Å². The van der Waals surface area contributed by atoms with Crippen molar-refractivity contribution in [1.82, 2.24) is 0 Å². The molecule has 0 fully saturated rings. The fraction of sp³-hybridized carbons (Fsp3) is 0.167. The second-order valence-corrected chi connectivity index (χ2v) is 5.06. The highest BCUT2D eigenvalue weighted by Gasteiger charge is 2.23. The average molecular weight is 264 g/mol. The molecule has 2 heteroatoms. The molecule has 0 aliphatic carbocycles. The van der Waals surface area contributed by atoms with Crippen molar-refractivity contribution in [2.45, 2.75) is 19.4 Å². The summed E-state index contributed by atoms with van der Waals surface area (Å²) in [6.07, 6.45) is 1.81. The minimum atomic E-state index is -0.191. The predicted molar refractivity (Wildman–Crippen MR) is 79.0 cm³/mol. The monoisotopic (exact) mass is 264 g/mol. The quantitative estimate of drug-likeness (QED) is 0.817. The zero-order chi connectivity index (χ0) is 13.9. The molecule has 2 nitrogen and oxygen atoms in total. The Balaban J connectivity index is 1.89. The smallest absolute Gasteiger partial charge is 0.163 e. The number of hydrogen-bond acceptors (Lipinski definition) is 2. The summed E-state index contributed by atoms with van der Waals surface area (Å²) in [5.74, 6) is 0.771. The van der Waals surface area contributed by atoms with Crippen LogP contribution in [0.2, 0.25) is 0 Å². The van der Waals surface area contributed by atoms with Gasteiger partial charge in [-0.15, -0.1) is 0 Å². The van der Waals surface area contributed by atoms with Gasteiger partial charge in [0.05, 0.1) is 6.42 Å². The van der Waals surface area contributed by atoms with E-state index in [-0.39, 0.29) is 11.9 Å². The summed E-state index contributed by atoms with van der Waals surface area (Å²) in [5, 5.41) is 0. The van der Waals surface area contributed by atoms with Gasteiger partial charge in [-0.1, -0.05) is 60.2 Å². The van der Waals surface area contributed by atoms with Crippen LogP contribution < -0.4 is 0 Å². The van der Waals surface area contributed by atoms with Crippen molar-refractivity contribution in [2.75, 3.05) is 0 Å². The summed E-state index contributed by atoms with van der Waals surface area (Å²) < 4.78 is 6.01. The van der Waals surface area contributed by atoms with Gasteiger partial charge in [0.25, 0.3) is 0 Å². The Bertz CT molecular complexity index is 639. The molecule has 1 aliphatic rings. The van der Waals surface area contributed by atoms with Crippen LogP contribution in [-0.4, -0.2) is 5.78 Å². The summed E-state index contributed by atoms with van der Waals surface area (Å²) in [5.41, 5.74) is 3.19. The first-order valence-corrected chi connectivity index (χ1v) is 6.75. The molecule has 2 aromatic rings. The van der Waals surface area contributed by atoms with E-state index in [2.05, 4.69) is 0 Å². The fourth-order valence-corrected chi connectivity index (χ4v) is 2.34.